The summed E-state index contributed by atoms with van der Waals surface area (Å²) in [5.41, 5.74) is 3.28. The van der Waals surface area contributed by atoms with Gasteiger partial charge in [-0.2, -0.15) is 4.98 Å². The van der Waals surface area contributed by atoms with E-state index in [4.69, 9.17) is 4.42 Å². The van der Waals surface area contributed by atoms with Crippen LogP contribution in [0, 0.1) is 12.8 Å². The Bertz CT molecular complexity index is 948. The molecule has 0 aromatic carbocycles. The average Bonchev–Trinajstić information content (AvgIpc) is 3.15. The second-order valence-corrected chi connectivity index (χ2v) is 7.36. The van der Waals surface area contributed by atoms with Gasteiger partial charge in [0.15, 0.2) is 5.58 Å². The first-order valence-electron chi connectivity index (χ1n) is 9.74. The summed E-state index contributed by atoms with van der Waals surface area (Å²) >= 11 is 0. The molecule has 1 saturated heterocycles. The maximum atomic E-state index is 12.8. The molecule has 4 heterocycles. The number of anilines is 1. The number of aryl methyl sites for hydroxylation is 1. The van der Waals surface area contributed by atoms with Gasteiger partial charge >= 0.3 is 0 Å². The molecule has 1 aliphatic rings. The number of amides is 1. The third kappa shape index (κ3) is 3.98. The zero-order chi connectivity index (χ0) is 19.5. The Morgan fingerprint density at radius 2 is 2.04 bits per heavy atom. The highest BCUT2D eigenvalue weighted by atomic mass is 16.4. The molecule has 1 fully saturated rings. The fourth-order valence-electron chi connectivity index (χ4n) is 3.60. The minimum atomic E-state index is 0.0507. The van der Waals surface area contributed by atoms with Crippen LogP contribution in [0.5, 0.6) is 0 Å². The maximum Gasteiger partial charge on any atom is 0.299 e. The van der Waals surface area contributed by atoms with Crippen molar-refractivity contribution in [3.8, 4) is 0 Å². The number of fused-ring (bicyclic) bond motifs is 1. The Kier molecular flexibility index (Phi) is 5.23. The smallest absolute Gasteiger partial charge is 0.299 e. The summed E-state index contributed by atoms with van der Waals surface area (Å²) in [6.45, 7) is 4.15. The molecule has 3 aromatic rings. The zero-order valence-corrected chi connectivity index (χ0v) is 16.3. The molecule has 0 aliphatic carbocycles. The van der Waals surface area contributed by atoms with Crippen LogP contribution in [-0.4, -0.2) is 52.4 Å². The van der Waals surface area contributed by atoms with Gasteiger partial charge in [0.25, 0.3) is 6.01 Å². The van der Waals surface area contributed by atoms with Crippen molar-refractivity contribution in [1.82, 2.24) is 19.9 Å². The number of carbonyl (C=O) groups excluding carboxylic acids is 1. The van der Waals surface area contributed by atoms with Crippen LogP contribution in [0.2, 0.25) is 0 Å². The van der Waals surface area contributed by atoms with Crippen LogP contribution in [0.1, 0.15) is 24.2 Å². The molecule has 146 valence electrons. The Morgan fingerprint density at radius 1 is 1.21 bits per heavy atom. The molecule has 0 spiro atoms. The monoisotopic (exact) mass is 379 g/mol. The molecular formula is C21H25N5O2. The zero-order valence-electron chi connectivity index (χ0n) is 16.3. The highest BCUT2D eigenvalue weighted by molar-refractivity contribution is 5.79. The lowest BCUT2D eigenvalue weighted by molar-refractivity contribution is -0.134. The number of rotatable bonds is 5. The van der Waals surface area contributed by atoms with E-state index < -0.39 is 0 Å². The lowest BCUT2D eigenvalue weighted by Crippen LogP contribution is -2.42. The van der Waals surface area contributed by atoms with Gasteiger partial charge in [-0.1, -0.05) is 6.07 Å². The van der Waals surface area contributed by atoms with Crippen molar-refractivity contribution in [1.29, 1.82) is 0 Å². The van der Waals surface area contributed by atoms with E-state index in [0.717, 1.165) is 43.7 Å². The minimum Gasteiger partial charge on any atom is -0.422 e. The minimum absolute atomic E-state index is 0.0507. The molecule has 0 saturated carbocycles. The van der Waals surface area contributed by atoms with Crippen molar-refractivity contribution in [2.75, 3.05) is 31.6 Å². The van der Waals surface area contributed by atoms with E-state index in [1.807, 2.05) is 49.2 Å². The Hall–Kier alpha value is -2.96. The first-order valence-corrected chi connectivity index (χ1v) is 9.74. The van der Waals surface area contributed by atoms with Gasteiger partial charge in [-0.05, 0) is 44.0 Å². The highest BCUT2D eigenvalue weighted by Gasteiger charge is 2.29. The Balaban J connectivity index is 1.32. The van der Waals surface area contributed by atoms with E-state index in [-0.39, 0.29) is 11.8 Å². The van der Waals surface area contributed by atoms with E-state index in [9.17, 15) is 4.79 Å². The van der Waals surface area contributed by atoms with Crippen LogP contribution >= 0.6 is 0 Å². The van der Waals surface area contributed by atoms with Crippen LogP contribution < -0.4 is 4.90 Å². The van der Waals surface area contributed by atoms with Gasteiger partial charge in [-0.15, -0.1) is 0 Å². The number of oxazole rings is 1. The van der Waals surface area contributed by atoms with Gasteiger partial charge in [-0.25, -0.2) is 4.98 Å². The van der Waals surface area contributed by atoms with Crippen LogP contribution in [-0.2, 0) is 11.2 Å². The van der Waals surface area contributed by atoms with Crippen molar-refractivity contribution >= 4 is 23.2 Å². The number of piperidine rings is 1. The van der Waals surface area contributed by atoms with Gasteiger partial charge < -0.3 is 14.2 Å². The summed E-state index contributed by atoms with van der Waals surface area (Å²) in [4.78, 5) is 30.0. The summed E-state index contributed by atoms with van der Waals surface area (Å²) in [6, 6.07) is 10.3. The number of hydrogen-bond donors (Lipinski definition) is 0. The molecule has 0 atom stereocenters. The van der Waals surface area contributed by atoms with Crippen LogP contribution in [0.15, 0.2) is 40.9 Å². The number of hydrogen-bond acceptors (Lipinski definition) is 6. The van der Waals surface area contributed by atoms with E-state index in [1.165, 1.54) is 0 Å². The van der Waals surface area contributed by atoms with Crippen LogP contribution in [0.3, 0.4) is 0 Å². The summed E-state index contributed by atoms with van der Waals surface area (Å²) in [7, 11) is 1.88. The molecule has 7 nitrogen and oxygen atoms in total. The van der Waals surface area contributed by atoms with Crippen LogP contribution in [0.4, 0.5) is 6.01 Å². The number of carbonyl (C=O) groups is 1. The summed E-state index contributed by atoms with van der Waals surface area (Å²) in [5, 5.41) is 0. The molecule has 0 bridgehead atoms. The molecule has 7 heteroatoms. The normalized spacial score (nSPS) is 15.1. The predicted octanol–water partition coefficient (Wildman–Crippen LogP) is 2.84. The van der Waals surface area contributed by atoms with Crippen molar-refractivity contribution in [2.24, 2.45) is 5.92 Å². The van der Waals surface area contributed by atoms with E-state index >= 15 is 0 Å². The van der Waals surface area contributed by atoms with Crippen molar-refractivity contribution in [3.63, 3.8) is 0 Å². The molecule has 0 N–H and O–H groups in total. The standard InChI is InChI=1S/C21H25N5O2/c1-15-6-7-18-19(23-15)24-21(28-18)26-13-8-16(9-14-26)20(27)25(2)12-10-17-5-3-4-11-22-17/h3-7,11,16H,8-10,12-14H2,1-2H3. The predicted molar refractivity (Wildman–Crippen MR) is 107 cm³/mol. The number of aromatic nitrogens is 3. The highest BCUT2D eigenvalue weighted by Crippen LogP contribution is 2.26. The summed E-state index contributed by atoms with van der Waals surface area (Å²) < 4.78 is 5.84. The van der Waals surface area contributed by atoms with Gasteiger partial charge in [0.1, 0.15) is 0 Å². The average molecular weight is 379 g/mol. The van der Waals surface area contributed by atoms with E-state index in [0.29, 0.717) is 23.8 Å². The number of nitrogens with zero attached hydrogens (tertiary/aromatic N) is 5. The molecule has 1 amide bonds. The number of pyridine rings is 2. The Labute approximate surface area is 164 Å². The summed E-state index contributed by atoms with van der Waals surface area (Å²) in [5.74, 6) is 0.264. The van der Waals surface area contributed by atoms with Crippen molar-refractivity contribution < 1.29 is 9.21 Å². The number of likely N-dealkylation sites (N-methyl/N-ethyl adjacent to an activating group) is 1. The molecule has 1 aliphatic heterocycles. The third-order valence-corrected chi connectivity index (χ3v) is 5.30. The largest absolute Gasteiger partial charge is 0.422 e. The molecule has 0 unspecified atom stereocenters. The molecular weight excluding hydrogens is 354 g/mol. The molecule has 28 heavy (non-hydrogen) atoms. The second kappa shape index (κ2) is 7.96. The summed E-state index contributed by atoms with van der Waals surface area (Å²) in [6.07, 6.45) is 4.17. The fraction of sp³-hybridized carbons (Fsp3) is 0.429. The van der Waals surface area contributed by atoms with E-state index in [2.05, 4.69) is 19.9 Å². The second-order valence-electron chi connectivity index (χ2n) is 7.36. The first-order chi connectivity index (χ1) is 13.6. The van der Waals surface area contributed by atoms with Gasteiger partial charge in [0.2, 0.25) is 11.6 Å². The topological polar surface area (TPSA) is 75.4 Å². The van der Waals surface area contributed by atoms with Gasteiger partial charge in [0, 0.05) is 56.6 Å². The van der Waals surface area contributed by atoms with E-state index in [1.54, 1.807) is 6.20 Å². The van der Waals surface area contributed by atoms with Crippen molar-refractivity contribution in [2.45, 2.75) is 26.2 Å². The maximum absolute atomic E-state index is 12.8. The van der Waals surface area contributed by atoms with Gasteiger partial charge in [0.05, 0.1) is 0 Å². The third-order valence-electron chi connectivity index (χ3n) is 5.30. The first kappa shape index (κ1) is 18.4. The van der Waals surface area contributed by atoms with Crippen molar-refractivity contribution in [3.05, 3.63) is 47.9 Å². The fourth-order valence-corrected chi connectivity index (χ4v) is 3.60. The lowest BCUT2D eigenvalue weighted by Gasteiger charge is -2.32. The quantitative estimate of drug-likeness (QED) is 0.679. The van der Waals surface area contributed by atoms with Gasteiger partial charge in [-0.3, -0.25) is 9.78 Å². The molecule has 4 rings (SSSR count). The molecule has 3 aromatic heterocycles. The van der Waals surface area contributed by atoms with Crippen LogP contribution in [0.25, 0.3) is 11.2 Å². The molecule has 0 radical (unpaired) electrons. The SMILES string of the molecule is Cc1ccc2oc(N3CCC(C(=O)N(C)CCc4ccccn4)CC3)nc2n1. The lowest BCUT2D eigenvalue weighted by atomic mass is 9.95. The Morgan fingerprint density at radius 3 is 2.79 bits per heavy atom.